The van der Waals surface area contributed by atoms with Crippen molar-refractivity contribution in [3.05, 3.63) is 105 Å². The maximum Gasteiger partial charge on any atom is 0.345 e. The fourth-order valence-corrected chi connectivity index (χ4v) is 12.1. The van der Waals surface area contributed by atoms with Crippen LogP contribution in [0.15, 0.2) is 93.7 Å². The molecule has 0 aliphatic rings. The van der Waals surface area contributed by atoms with E-state index in [0.717, 1.165) is 12.1 Å². The van der Waals surface area contributed by atoms with E-state index in [4.69, 9.17) is 14.2 Å². The summed E-state index contributed by atoms with van der Waals surface area (Å²) < 4.78 is 55.7. The highest BCUT2D eigenvalue weighted by Gasteiger charge is 2.31. The molecule has 240 valence electrons. The third kappa shape index (κ3) is 9.00. The summed E-state index contributed by atoms with van der Waals surface area (Å²) in [6.07, 6.45) is 0. The minimum atomic E-state index is -5.27. The van der Waals surface area contributed by atoms with Gasteiger partial charge in [0.1, 0.15) is 5.75 Å². The molecule has 0 saturated carbocycles. The average Bonchev–Trinajstić information content (AvgIpc) is 2.85. The largest absolute Gasteiger partial charge is 0.423 e. The minimum absolute atomic E-state index is 0.0459. The highest BCUT2D eigenvalue weighted by Crippen LogP contribution is 2.41. The van der Waals surface area contributed by atoms with Crippen molar-refractivity contribution in [1.82, 2.24) is 0 Å². The quantitative estimate of drug-likeness (QED) is 0.109. The molecule has 0 spiro atoms. The van der Waals surface area contributed by atoms with Crippen molar-refractivity contribution in [3.63, 3.8) is 0 Å². The Balaban J connectivity index is 1.90. The second kappa shape index (κ2) is 15.6. The molecule has 0 radical (unpaired) electrons. The SMILES string of the molecule is O=C(Oc1cc(OC(=O)c2c(Br)cc(Br)cc2Br)c(S(=O)(=O)O)c(OC(=O)c2c(Br)cc(Br)cc2Br)c1)c1c(Br)cc(Br)cc1Br. The molecular formula is C27H9Br9O9S. The number of rotatable bonds is 7. The lowest BCUT2D eigenvalue weighted by atomic mass is 10.2. The summed E-state index contributed by atoms with van der Waals surface area (Å²) in [7, 11) is -5.27. The molecule has 4 aromatic rings. The van der Waals surface area contributed by atoms with Crippen molar-refractivity contribution in [2.45, 2.75) is 4.90 Å². The molecular weight excluding hydrogens is 1220 g/mol. The molecule has 4 aromatic carbocycles. The first kappa shape index (κ1) is 38.3. The van der Waals surface area contributed by atoms with Gasteiger partial charge in [-0.2, -0.15) is 8.42 Å². The molecule has 1 N–H and O–H groups in total. The van der Waals surface area contributed by atoms with Gasteiger partial charge in [0.25, 0.3) is 0 Å². The van der Waals surface area contributed by atoms with Gasteiger partial charge in [-0.05, 0) is 132 Å². The van der Waals surface area contributed by atoms with Gasteiger partial charge in [0.05, 0.1) is 16.7 Å². The van der Waals surface area contributed by atoms with E-state index in [0.29, 0.717) is 22.4 Å². The van der Waals surface area contributed by atoms with Gasteiger partial charge in [0.2, 0.25) is 0 Å². The van der Waals surface area contributed by atoms with Crippen LogP contribution in [0.25, 0.3) is 0 Å². The Hall–Kier alpha value is -0.480. The summed E-state index contributed by atoms with van der Waals surface area (Å²) in [4.78, 5) is 38.9. The van der Waals surface area contributed by atoms with Gasteiger partial charge < -0.3 is 14.2 Å². The number of benzene rings is 4. The van der Waals surface area contributed by atoms with Gasteiger partial charge in [0, 0.05) is 52.4 Å². The first-order chi connectivity index (χ1) is 21.4. The van der Waals surface area contributed by atoms with Gasteiger partial charge in [0.15, 0.2) is 16.4 Å². The van der Waals surface area contributed by atoms with Crippen LogP contribution in [0.5, 0.6) is 17.2 Å². The zero-order valence-electron chi connectivity index (χ0n) is 21.6. The van der Waals surface area contributed by atoms with Crippen molar-refractivity contribution in [1.29, 1.82) is 0 Å². The maximum atomic E-state index is 13.4. The van der Waals surface area contributed by atoms with Crippen molar-refractivity contribution < 1.29 is 41.6 Å². The number of esters is 3. The second-order valence-corrected chi connectivity index (χ2v) is 17.9. The number of carbonyl (C=O) groups excluding carboxylic acids is 3. The molecule has 0 aliphatic heterocycles. The lowest BCUT2D eigenvalue weighted by molar-refractivity contribution is 0.0720. The highest BCUT2D eigenvalue weighted by atomic mass is 79.9. The van der Waals surface area contributed by atoms with Crippen LogP contribution < -0.4 is 14.2 Å². The van der Waals surface area contributed by atoms with E-state index in [1.807, 2.05) is 0 Å². The first-order valence-corrected chi connectivity index (χ1v) is 20.2. The van der Waals surface area contributed by atoms with E-state index in [-0.39, 0.29) is 34.6 Å². The minimum Gasteiger partial charge on any atom is -0.423 e. The molecule has 19 heteroatoms. The highest BCUT2D eigenvalue weighted by molar-refractivity contribution is 9.12. The summed E-state index contributed by atoms with van der Waals surface area (Å²) in [5.41, 5.74) is -0.0728. The molecule has 0 heterocycles. The maximum absolute atomic E-state index is 13.4. The van der Waals surface area contributed by atoms with E-state index in [9.17, 15) is 27.4 Å². The molecule has 9 nitrogen and oxygen atoms in total. The molecule has 0 amide bonds. The summed E-state index contributed by atoms with van der Waals surface area (Å²) in [5.74, 6) is -5.15. The van der Waals surface area contributed by atoms with Crippen LogP contribution in [0.4, 0.5) is 0 Å². The lowest BCUT2D eigenvalue weighted by Crippen LogP contribution is -2.17. The summed E-state index contributed by atoms with van der Waals surface area (Å²) in [6, 6.07) is 11.1. The van der Waals surface area contributed by atoms with Gasteiger partial charge in [-0.25, -0.2) is 14.4 Å². The topological polar surface area (TPSA) is 133 Å². The molecule has 0 fully saturated rings. The van der Waals surface area contributed by atoms with Crippen molar-refractivity contribution in [2.24, 2.45) is 0 Å². The monoisotopic (exact) mass is 1220 g/mol. The number of hydrogen-bond donors (Lipinski definition) is 1. The smallest absolute Gasteiger partial charge is 0.345 e. The van der Waals surface area contributed by atoms with Crippen LogP contribution in [0.3, 0.4) is 0 Å². The van der Waals surface area contributed by atoms with E-state index in [1.165, 1.54) is 0 Å². The van der Waals surface area contributed by atoms with Crippen LogP contribution >= 0.6 is 143 Å². The Bertz CT molecular complexity index is 1910. The zero-order valence-corrected chi connectivity index (χ0v) is 36.7. The lowest BCUT2D eigenvalue weighted by Gasteiger charge is -2.17. The van der Waals surface area contributed by atoms with Crippen molar-refractivity contribution >= 4 is 171 Å². The predicted molar refractivity (Wildman–Crippen MR) is 200 cm³/mol. The zero-order chi connectivity index (χ0) is 34.2. The third-order valence-corrected chi connectivity index (χ3v) is 11.5. The Morgan fingerprint density at radius 1 is 0.478 bits per heavy atom. The first-order valence-electron chi connectivity index (χ1n) is 11.6. The number of hydrogen-bond acceptors (Lipinski definition) is 8. The van der Waals surface area contributed by atoms with Crippen LogP contribution in [0.1, 0.15) is 31.1 Å². The van der Waals surface area contributed by atoms with Crippen molar-refractivity contribution in [3.8, 4) is 17.2 Å². The Morgan fingerprint density at radius 3 is 1.00 bits per heavy atom. The fraction of sp³-hybridized carbons (Fsp3) is 0. The van der Waals surface area contributed by atoms with E-state index in [2.05, 4.69) is 143 Å². The number of carbonyl (C=O) groups is 3. The van der Waals surface area contributed by atoms with Gasteiger partial charge >= 0.3 is 28.0 Å². The Kier molecular flexibility index (Phi) is 13.0. The predicted octanol–water partition coefficient (Wildman–Crippen LogP) is 11.5. The molecule has 0 aliphatic carbocycles. The summed E-state index contributed by atoms with van der Waals surface area (Å²) >= 11 is 29.5. The molecule has 0 bridgehead atoms. The summed E-state index contributed by atoms with van der Waals surface area (Å²) in [6.45, 7) is 0. The van der Waals surface area contributed by atoms with E-state index >= 15 is 0 Å². The second-order valence-electron chi connectivity index (χ2n) is 8.63. The van der Waals surface area contributed by atoms with Crippen LogP contribution in [0, 0.1) is 0 Å². The van der Waals surface area contributed by atoms with Gasteiger partial charge in [-0.1, -0.05) is 47.8 Å². The molecule has 0 unspecified atom stereocenters. The van der Waals surface area contributed by atoms with E-state index < -0.39 is 50.2 Å². The standard InChI is InChI=1S/C27H9Br9O9S/c28-9-1-13(31)21(14(32)2-9)25(37)43-12-7-19(44-26(38)22-15(33)3-10(29)4-16(22)34)24(46(40,41)42)20(8-12)45-27(39)23-17(35)5-11(30)6-18(23)36/h1-8H,(H,40,41,42). The normalized spacial score (nSPS) is 11.3. The molecule has 0 atom stereocenters. The average molecular weight is 1230 g/mol. The van der Waals surface area contributed by atoms with Crippen molar-refractivity contribution in [2.75, 3.05) is 0 Å². The molecule has 0 saturated heterocycles. The van der Waals surface area contributed by atoms with Crippen LogP contribution in [-0.2, 0) is 10.1 Å². The Labute approximate surface area is 336 Å². The van der Waals surface area contributed by atoms with Crippen LogP contribution in [0.2, 0.25) is 0 Å². The summed E-state index contributed by atoms with van der Waals surface area (Å²) in [5, 5.41) is 0. The molecule has 46 heavy (non-hydrogen) atoms. The molecule has 0 aromatic heterocycles. The third-order valence-electron chi connectivity index (χ3n) is 5.50. The van der Waals surface area contributed by atoms with E-state index in [1.54, 1.807) is 36.4 Å². The molecule has 4 rings (SSSR count). The number of ether oxygens (including phenoxy) is 3. The van der Waals surface area contributed by atoms with Gasteiger partial charge in [-0.3, -0.25) is 4.55 Å². The fourth-order valence-electron chi connectivity index (χ4n) is 3.69. The Morgan fingerprint density at radius 2 is 0.739 bits per heavy atom. The van der Waals surface area contributed by atoms with Crippen LogP contribution in [-0.4, -0.2) is 30.9 Å². The van der Waals surface area contributed by atoms with Gasteiger partial charge in [-0.15, -0.1) is 0 Å². The number of halogens is 9.